The number of hydrogen-bond acceptors (Lipinski definition) is 27. The van der Waals surface area contributed by atoms with Crippen LogP contribution in [-0.4, -0.2) is 234 Å². The molecular formula is C71H78ClN9O25S. The maximum absolute atomic E-state index is 14.9. The van der Waals surface area contributed by atoms with Crippen LogP contribution in [0.5, 0.6) is 28.7 Å². The van der Waals surface area contributed by atoms with Crippen molar-refractivity contribution in [1.82, 2.24) is 34.2 Å². The van der Waals surface area contributed by atoms with E-state index in [9.17, 15) is 77.4 Å². The van der Waals surface area contributed by atoms with Crippen LogP contribution in [0.15, 0.2) is 110 Å². The number of ether oxygens (including phenoxy) is 7. The second-order valence-corrected chi connectivity index (χ2v) is 29.9. The van der Waals surface area contributed by atoms with Crippen molar-refractivity contribution in [3.63, 3.8) is 0 Å². The summed E-state index contributed by atoms with van der Waals surface area (Å²) in [6.45, 7) is 13.9. The Morgan fingerprint density at radius 1 is 0.748 bits per heavy atom. The van der Waals surface area contributed by atoms with Crippen molar-refractivity contribution in [1.29, 1.82) is 0 Å². The van der Waals surface area contributed by atoms with Gasteiger partial charge in [0.25, 0.3) is 35.8 Å². The number of imidazole rings is 1. The standard InChI is InChI=1S/C71H78ClN9O25S/c1-68(2,32-81-52(83)21-22-53(81)84)35-99-71(7,8)50-30-79(76-75-50)34-70(5,6)106-69(3,4)33-77(9)63(92)37-13-19-46(101-67-59(89)56(86)55(85)49(31-82)102-67)48(23-37)105-107(96,97)104-47-25-45-54(43-24-41(98-10)17-18-42(43)47)38(26-72)27-80(45)64(93)44-29-78-28-39(14-20-51(78)74-44)73-62(91)36-11-15-40(16-12-36)100-66-60(90)57(87)58(88)61(103-66)65(94)95/h11-25,28-30,38,49,55-57,60-61,66-67,82,85-87,90H,26-27,31-35H2,1-10H3,(H,73,91)(H,94,95)/t38?,49-,55+,56+,57+,60-,61?,66-,67-/m1/s1. The number of amides is 5. The summed E-state index contributed by atoms with van der Waals surface area (Å²) in [5.41, 5.74) is -2.22. The minimum absolute atomic E-state index is 0.0136. The number of fused-ring (bicyclic) bond motifs is 4. The van der Waals surface area contributed by atoms with Crippen LogP contribution >= 0.6 is 11.6 Å². The number of carbonyl (C=O) groups is 8. The number of nitrogens with zero attached hydrogens (tertiary/aromatic N) is 8. The summed E-state index contributed by atoms with van der Waals surface area (Å²) in [4.78, 5) is 113. The number of methoxy groups -OCH3 is 1. The number of carbonyl (C=O) groups excluding carboxylic acids is 7. The van der Waals surface area contributed by atoms with Crippen LogP contribution in [0.1, 0.15) is 104 Å². The van der Waals surface area contributed by atoms with Crippen molar-refractivity contribution in [3.05, 3.63) is 138 Å². The zero-order chi connectivity index (χ0) is 77.7. The molecule has 4 aliphatic heterocycles. The van der Waals surface area contributed by atoms with Gasteiger partial charge in [-0.05, 0) is 125 Å². The van der Waals surface area contributed by atoms with Crippen molar-refractivity contribution >= 4 is 96.9 Å². The number of alkyl halides is 1. The fourth-order valence-corrected chi connectivity index (χ4v) is 13.7. The number of rotatable bonds is 28. The highest BCUT2D eigenvalue weighted by atomic mass is 35.5. The number of nitrogens with one attached hydrogen (secondary N) is 1. The number of aliphatic carboxylic acids is 1. The number of aliphatic hydroxyl groups is 5. The van der Waals surface area contributed by atoms with Gasteiger partial charge in [0.15, 0.2) is 17.2 Å². The molecule has 0 radical (unpaired) electrons. The Labute approximate surface area is 616 Å². The largest absolute Gasteiger partial charge is 0.501 e. The number of aliphatic hydroxyl groups excluding tert-OH is 5. The summed E-state index contributed by atoms with van der Waals surface area (Å²) in [5, 5.41) is 72.8. The van der Waals surface area contributed by atoms with Gasteiger partial charge in [-0.1, -0.05) is 19.1 Å². The maximum Gasteiger partial charge on any atom is 0.501 e. The van der Waals surface area contributed by atoms with Gasteiger partial charge < -0.3 is 91.7 Å². The average molecular weight is 1520 g/mol. The lowest BCUT2D eigenvalue weighted by Crippen LogP contribution is -2.59. The maximum atomic E-state index is 14.9. The highest BCUT2D eigenvalue weighted by Crippen LogP contribution is 2.48. The van der Waals surface area contributed by atoms with Gasteiger partial charge in [0.2, 0.25) is 24.0 Å². The first-order valence-corrected chi connectivity index (χ1v) is 35.2. The predicted octanol–water partition coefficient (Wildman–Crippen LogP) is 3.44. The highest BCUT2D eigenvalue weighted by molar-refractivity contribution is 7.82. The van der Waals surface area contributed by atoms with Crippen LogP contribution in [0, 0.1) is 5.41 Å². The molecule has 0 bridgehead atoms. The van der Waals surface area contributed by atoms with E-state index >= 15 is 0 Å². The first kappa shape index (κ1) is 78.0. The Balaban J connectivity index is 0.808. The van der Waals surface area contributed by atoms with Crippen LogP contribution in [0.3, 0.4) is 0 Å². The van der Waals surface area contributed by atoms with Gasteiger partial charge in [0, 0.05) is 91.0 Å². The summed E-state index contributed by atoms with van der Waals surface area (Å²) < 4.78 is 84.4. The minimum atomic E-state index is -5.44. The predicted molar refractivity (Wildman–Crippen MR) is 374 cm³/mol. The van der Waals surface area contributed by atoms with E-state index in [4.69, 9.17) is 53.1 Å². The average Bonchev–Trinajstić information content (AvgIpc) is 1.64. The smallest absolute Gasteiger partial charge is 0.497 e. The Bertz CT molecular complexity index is 4790. The van der Waals surface area contributed by atoms with Crippen molar-refractivity contribution in [2.75, 3.05) is 63.1 Å². The number of likely N-dealkylation sites (N-methyl/N-ethyl adjacent to an activating group) is 1. The van der Waals surface area contributed by atoms with E-state index in [0.717, 1.165) is 17.0 Å². The molecule has 7 N–H and O–H groups in total. The summed E-state index contributed by atoms with van der Waals surface area (Å²) >= 11 is 6.66. The molecule has 3 aromatic heterocycles. The Morgan fingerprint density at radius 3 is 2.09 bits per heavy atom. The number of carboxylic acid groups (broad SMARTS) is 1. The topological polar surface area (TPSA) is 445 Å². The molecular weight excluding hydrogens is 1450 g/mol. The molecule has 9 atom stereocenters. The quantitative estimate of drug-likeness (QED) is 0.0210. The number of Topliss-reactive ketones (excluding diaryl/α,β-unsaturated/α-hetero) is 2. The molecule has 2 saturated heterocycles. The van der Waals surface area contributed by atoms with E-state index in [2.05, 4.69) is 20.6 Å². The number of halogens is 1. The van der Waals surface area contributed by atoms with Crippen molar-refractivity contribution < 1.29 is 119 Å². The molecule has 4 aliphatic rings. The summed E-state index contributed by atoms with van der Waals surface area (Å²) in [6.07, 6.45) is -8.46. The second kappa shape index (κ2) is 30.3. The highest BCUT2D eigenvalue weighted by Gasteiger charge is 2.49. The molecule has 4 aromatic carbocycles. The number of anilines is 2. The fraction of sp³-hybridized carbons (Fsp3) is 0.423. The van der Waals surface area contributed by atoms with Gasteiger partial charge in [0.05, 0.1) is 55.6 Å². The fourth-order valence-electron chi connectivity index (χ4n) is 12.8. The number of pyridine rings is 1. The van der Waals surface area contributed by atoms with Crippen molar-refractivity contribution in [3.8, 4) is 28.7 Å². The number of ketones is 2. The molecule has 2 fully saturated rings. The molecule has 34 nitrogen and oxygen atoms in total. The molecule has 0 spiro atoms. The van der Waals surface area contributed by atoms with E-state index in [1.54, 1.807) is 30.8 Å². The molecule has 107 heavy (non-hydrogen) atoms. The van der Waals surface area contributed by atoms with Crippen molar-refractivity contribution in [2.24, 2.45) is 5.41 Å². The van der Waals surface area contributed by atoms with Crippen molar-refractivity contribution in [2.45, 2.75) is 134 Å². The SMILES string of the molecule is COc1ccc2c(OS(=O)(=O)Oc3cc(C(=O)N(C)CC(C)(C)OC(C)(C)Cn4cc(C(C)(C)OCC(C)(C)CN5C(=O)C=CC5=O)nn4)ccc3O[C@@H]3O[C@H](CO)[C@H](O)[C@H](O)C3=O)cc3c(c2c1)C(CCl)CN3C(=O)c1cn2cc(NC(=O)c3ccc(O[C@@H]4OC(C(=O)O)C(=O)[C@H](O)[C@H]4O)cc3)ccc2n1. The van der Waals surface area contributed by atoms with E-state index in [1.165, 1.54) is 114 Å². The minimum Gasteiger partial charge on any atom is -0.497 e. The summed E-state index contributed by atoms with van der Waals surface area (Å²) in [6, 6.07) is 17.5. The van der Waals surface area contributed by atoms with Crippen LogP contribution in [-0.2, 0) is 65.5 Å². The molecule has 2 unspecified atom stereocenters. The van der Waals surface area contributed by atoms with Gasteiger partial charge in [-0.25, -0.2) is 14.5 Å². The van der Waals surface area contributed by atoms with Gasteiger partial charge in [-0.15, -0.1) is 25.1 Å². The number of hydrogen-bond donors (Lipinski definition) is 7. The molecule has 7 heterocycles. The van der Waals surface area contributed by atoms with Gasteiger partial charge in [0.1, 0.15) is 64.7 Å². The van der Waals surface area contributed by atoms with E-state index in [0.29, 0.717) is 22.4 Å². The number of aromatic nitrogens is 5. The molecule has 11 rings (SSSR count). The molecule has 5 amide bonds. The Hall–Kier alpha value is -10.0. The lowest BCUT2D eigenvalue weighted by atomic mass is 9.93. The number of imide groups is 1. The number of benzene rings is 4. The van der Waals surface area contributed by atoms with E-state index in [1.807, 2.05) is 41.5 Å². The summed E-state index contributed by atoms with van der Waals surface area (Å²) in [5.74, 6) is -9.00. The molecule has 7 aromatic rings. The lowest BCUT2D eigenvalue weighted by Gasteiger charge is -2.38. The van der Waals surface area contributed by atoms with E-state index in [-0.39, 0.29) is 83.6 Å². The monoisotopic (exact) mass is 1520 g/mol. The van der Waals surface area contributed by atoms with Crippen LogP contribution < -0.4 is 32.8 Å². The Morgan fingerprint density at radius 2 is 1.42 bits per heavy atom. The number of carboxylic acids is 1. The second-order valence-electron chi connectivity index (χ2n) is 28.5. The van der Waals surface area contributed by atoms with Gasteiger partial charge in [-0.2, -0.15) is 0 Å². The first-order valence-electron chi connectivity index (χ1n) is 33.3. The molecule has 0 saturated carbocycles. The normalized spacial score (nSPS) is 21.4. The van der Waals surface area contributed by atoms with Gasteiger partial charge >= 0.3 is 16.4 Å². The summed E-state index contributed by atoms with van der Waals surface area (Å²) in [7, 11) is -2.57. The lowest BCUT2D eigenvalue weighted by molar-refractivity contribution is -0.229. The third-order valence-corrected chi connectivity index (χ3v) is 19.0. The Kier molecular flexibility index (Phi) is 22.1. The molecule has 570 valence electrons. The van der Waals surface area contributed by atoms with E-state index < -0.39 is 159 Å². The van der Waals surface area contributed by atoms with Crippen LogP contribution in [0.2, 0.25) is 0 Å². The zero-order valence-corrected chi connectivity index (χ0v) is 60.9. The zero-order valence-electron chi connectivity index (χ0n) is 59.3. The van der Waals surface area contributed by atoms with Gasteiger partial charge in [-0.3, -0.25) is 38.5 Å². The molecule has 36 heteroatoms. The third kappa shape index (κ3) is 17.0. The van der Waals surface area contributed by atoms with Crippen LogP contribution in [0.4, 0.5) is 11.4 Å². The third-order valence-electron chi connectivity index (χ3n) is 17.8. The van der Waals surface area contributed by atoms with Crippen LogP contribution in [0.25, 0.3) is 16.4 Å². The first-order chi connectivity index (χ1) is 50.3. The molecule has 0 aliphatic carbocycles.